The van der Waals surface area contributed by atoms with Crippen molar-refractivity contribution in [2.45, 2.75) is 44.6 Å². The molecular weight excluding hydrogens is 267 g/mol. The Hall–Kier alpha value is -0.280. The molecule has 1 aliphatic carbocycles. The van der Waals surface area contributed by atoms with Crippen LogP contribution in [-0.4, -0.2) is 6.04 Å². The molecule has 1 aliphatic rings. The summed E-state index contributed by atoms with van der Waals surface area (Å²) in [5, 5.41) is 1.28. The topological polar surface area (TPSA) is 38.0 Å². The summed E-state index contributed by atoms with van der Waals surface area (Å²) in [5.74, 6) is 6.37. The maximum absolute atomic E-state index is 6.23. The van der Waals surface area contributed by atoms with Crippen molar-refractivity contribution in [3.63, 3.8) is 0 Å². The van der Waals surface area contributed by atoms with Crippen molar-refractivity contribution in [1.82, 2.24) is 5.43 Å². The van der Waals surface area contributed by atoms with E-state index >= 15 is 0 Å². The third-order valence-electron chi connectivity index (χ3n) is 3.90. The van der Waals surface area contributed by atoms with Crippen molar-refractivity contribution in [1.29, 1.82) is 0 Å². The molecule has 3 N–H and O–H groups in total. The maximum atomic E-state index is 6.23. The molecule has 0 spiro atoms. The number of rotatable bonds is 4. The average Bonchev–Trinajstić information content (AvgIpc) is 2.41. The zero-order chi connectivity index (χ0) is 13.0. The monoisotopic (exact) mass is 286 g/mol. The highest BCUT2D eigenvalue weighted by molar-refractivity contribution is 6.42. The molecule has 0 aliphatic heterocycles. The summed E-state index contributed by atoms with van der Waals surface area (Å²) in [5.41, 5.74) is 4.05. The Labute approximate surface area is 119 Å². The minimum absolute atomic E-state index is 0.293. The van der Waals surface area contributed by atoms with Gasteiger partial charge in [0.05, 0.1) is 10.0 Å². The zero-order valence-electron chi connectivity index (χ0n) is 10.5. The highest BCUT2D eigenvalue weighted by atomic mass is 35.5. The summed E-state index contributed by atoms with van der Waals surface area (Å²) in [6.07, 6.45) is 7.34. The van der Waals surface area contributed by atoms with Crippen LogP contribution in [0.25, 0.3) is 0 Å². The van der Waals surface area contributed by atoms with Gasteiger partial charge in [-0.1, -0.05) is 54.6 Å². The lowest BCUT2D eigenvalue weighted by atomic mass is 9.82. The lowest BCUT2D eigenvalue weighted by Crippen LogP contribution is -2.43. The van der Waals surface area contributed by atoms with Gasteiger partial charge in [-0.25, -0.2) is 0 Å². The fourth-order valence-corrected chi connectivity index (χ4v) is 3.24. The Kier molecular flexibility index (Phi) is 5.31. The van der Waals surface area contributed by atoms with Crippen LogP contribution < -0.4 is 11.3 Å². The van der Waals surface area contributed by atoms with Crippen molar-refractivity contribution in [3.05, 3.63) is 33.8 Å². The SMILES string of the molecule is NNC(Cc1cccc(Cl)c1Cl)C1CCCCC1. The van der Waals surface area contributed by atoms with Crippen LogP contribution in [0.5, 0.6) is 0 Å². The molecule has 0 saturated heterocycles. The third-order valence-corrected chi connectivity index (χ3v) is 4.76. The van der Waals surface area contributed by atoms with E-state index in [1.807, 2.05) is 18.2 Å². The zero-order valence-corrected chi connectivity index (χ0v) is 12.0. The number of hydrogen-bond acceptors (Lipinski definition) is 2. The fourth-order valence-electron chi connectivity index (χ4n) is 2.84. The summed E-state index contributed by atoms with van der Waals surface area (Å²) in [6, 6.07) is 6.08. The predicted octanol–water partition coefficient (Wildman–Crippen LogP) is 3.95. The molecule has 0 heterocycles. The van der Waals surface area contributed by atoms with Crippen LogP contribution in [0.15, 0.2) is 18.2 Å². The summed E-state index contributed by atoms with van der Waals surface area (Å²) in [7, 11) is 0. The van der Waals surface area contributed by atoms with E-state index in [1.54, 1.807) is 0 Å². The molecule has 2 nitrogen and oxygen atoms in total. The summed E-state index contributed by atoms with van der Waals surface area (Å²) >= 11 is 12.3. The third kappa shape index (κ3) is 3.39. The molecule has 1 saturated carbocycles. The molecule has 18 heavy (non-hydrogen) atoms. The van der Waals surface area contributed by atoms with Gasteiger partial charge in [-0.05, 0) is 36.8 Å². The van der Waals surface area contributed by atoms with Gasteiger partial charge in [0.1, 0.15) is 0 Å². The van der Waals surface area contributed by atoms with Crippen LogP contribution in [0.2, 0.25) is 10.0 Å². The van der Waals surface area contributed by atoms with Gasteiger partial charge >= 0.3 is 0 Å². The molecule has 0 amide bonds. The standard InChI is InChI=1S/C14H20Cl2N2/c15-12-8-4-7-11(14(12)16)9-13(18-17)10-5-2-1-3-6-10/h4,7-8,10,13,18H,1-3,5-6,9,17H2. The highest BCUT2D eigenvalue weighted by Crippen LogP contribution is 2.31. The second-order valence-corrected chi connectivity index (χ2v) is 5.87. The first kappa shape index (κ1) is 14.1. The quantitative estimate of drug-likeness (QED) is 0.650. The van der Waals surface area contributed by atoms with E-state index in [0.717, 1.165) is 12.0 Å². The smallest absolute Gasteiger partial charge is 0.0624 e. The highest BCUT2D eigenvalue weighted by Gasteiger charge is 2.23. The molecule has 100 valence electrons. The van der Waals surface area contributed by atoms with Gasteiger partial charge < -0.3 is 0 Å². The first-order valence-corrected chi connectivity index (χ1v) is 7.37. The Morgan fingerprint density at radius 1 is 1.22 bits per heavy atom. The Bertz CT molecular complexity index is 389. The van der Waals surface area contributed by atoms with Crippen LogP contribution >= 0.6 is 23.2 Å². The molecule has 1 aromatic carbocycles. The molecule has 4 heteroatoms. The van der Waals surface area contributed by atoms with Gasteiger partial charge in [-0.15, -0.1) is 0 Å². The van der Waals surface area contributed by atoms with Crippen LogP contribution in [0.4, 0.5) is 0 Å². The Balaban J connectivity index is 2.07. The van der Waals surface area contributed by atoms with Gasteiger partial charge in [-0.3, -0.25) is 11.3 Å². The molecule has 1 unspecified atom stereocenters. The minimum atomic E-state index is 0.293. The number of benzene rings is 1. The lowest BCUT2D eigenvalue weighted by molar-refractivity contribution is 0.268. The summed E-state index contributed by atoms with van der Waals surface area (Å²) < 4.78 is 0. The van der Waals surface area contributed by atoms with Crippen LogP contribution in [0.3, 0.4) is 0 Å². The number of nitrogens with one attached hydrogen (secondary N) is 1. The van der Waals surface area contributed by atoms with Crippen molar-refractivity contribution < 1.29 is 0 Å². The second kappa shape index (κ2) is 6.76. The predicted molar refractivity (Wildman–Crippen MR) is 77.9 cm³/mol. The van der Waals surface area contributed by atoms with Gasteiger partial charge in [-0.2, -0.15) is 0 Å². The van der Waals surface area contributed by atoms with Crippen LogP contribution in [0.1, 0.15) is 37.7 Å². The van der Waals surface area contributed by atoms with E-state index in [1.165, 1.54) is 32.1 Å². The molecule has 0 aromatic heterocycles. The van der Waals surface area contributed by atoms with E-state index in [-0.39, 0.29) is 0 Å². The largest absolute Gasteiger partial charge is 0.271 e. The van der Waals surface area contributed by atoms with Crippen molar-refractivity contribution in [2.24, 2.45) is 11.8 Å². The van der Waals surface area contributed by atoms with Gasteiger partial charge in [0, 0.05) is 6.04 Å². The van der Waals surface area contributed by atoms with E-state index in [0.29, 0.717) is 22.0 Å². The molecule has 1 atom stereocenters. The van der Waals surface area contributed by atoms with E-state index < -0.39 is 0 Å². The van der Waals surface area contributed by atoms with Crippen LogP contribution in [0, 0.1) is 5.92 Å². The molecule has 0 radical (unpaired) electrons. The van der Waals surface area contributed by atoms with Crippen LogP contribution in [-0.2, 0) is 6.42 Å². The van der Waals surface area contributed by atoms with Gasteiger partial charge in [0.2, 0.25) is 0 Å². The van der Waals surface area contributed by atoms with Gasteiger partial charge in [0.25, 0.3) is 0 Å². The number of hydrazine groups is 1. The number of halogens is 2. The van der Waals surface area contributed by atoms with E-state index in [2.05, 4.69) is 5.43 Å². The first-order valence-electron chi connectivity index (χ1n) is 6.61. The number of nitrogens with two attached hydrogens (primary N) is 1. The molecular formula is C14H20Cl2N2. The van der Waals surface area contributed by atoms with Crippen molar-refractivity contribution in [2.75, 3.05) is 0 Å². The lowest BCUT2D eigenvalue weighted by Gasteiger charge is -2.30. The van der Waals surface area contributed by atoms with Gasteiger partial charge in [0.15, 0.2) is 0 Å². The Morgan fingerprint density at radius 2 is 1.94 bits per heavy atom. The normalized spacial score (nSPS) is 18.8. The first-order chi connectivity index (χ1) is 8.72. The summed E-state index contributed by atoms with van der Waals surface area (Å²) in [6.45, 7) is 0. The molecule has 1 fully saturated rings. The number of hydrogen-bond donors (Lipinski definition) is 2. The fraction of sp³-hybridized carbons (Fsp3) is 0.571. The van der Waals surface area contributed by atoms with Crippen molar-refractivity contribution in [3.8, 4) is 0 Å². The maximum Gasteiger partial charge on any atom is 0.0624 e. The molecule has 1 aromatic rings. The van der Waals surface area contributed by atoms with E-state index in [4.69, 9.17) is 29.0 Å². The Morgan fingerprint density at radius 3 is 2.61 bits per heavy atom. The van der Waals surface area contributed by atoms with Crippen molar-refractivity contribution >= 4 is 23.2 Å². The second-order valence-electron chi connectivity index (χ2n) is 5.09. The van der Waals surface area contributed by atoms with E-state index in [9.17, 15) is 0 Å². The average molecular weight is 287 g/mol. The minimum Gasteiger partial charge on any atom is -0.271 e. The summed E-state index contributed by atoms with van der Waals surface area (Å²) in [4.78, 5) is 0. The molecule has 0 bridgehead atoms. The molecule has 2 rings (SSSR count).